The maximum absolute atomic E-state index is 12.8. The Morgan fingerprint density at radius 3 is 0.956 bits per heavy atom. The van der Waals surface area contributed by atoms with Crippen LogP contribution in [0.2, 0.25) is 0 Å². The summed E-state index contributed by atoms with van der Waals surface area (Å²) in [6, 6.07) is 0. The lowest BCUT2D eigenvalue weighted by atomic mass is 10.1. The highest BCUT2D eigenvalue weighted by Crippen LogP contribution is 2.13. The molecule has 0 aromatic carbocycles. The van der Waals surface area contributed by atoms with Gasteiger partial charge in [0.15, 0.2) is 6.10 Å². The predicted octanol–water partition coefficient (Wildman–Crippen LogP) is 18.3. The molecule has 0 saturated heterocycles. The molecule has 0 aliphatic carbocycles. The SMILES string of the molecule is CC/C=C\C/C=C\C/C=C\C/C=C\C/C=C\C/C=C\C/C=C\CCCC(=O)OCC(COC(=O)CCCCCCCCCCCC)OC(=O)CCCCCC/C=C\C/C=C\C/C=C\C/C=C\CC. The van der Waals surface area contributed by atoms with Crippen molar-refractivity contribution in [2.45, 2.75) is 226 Å². The third kappa shape index (κ3) is 52.5. The Morgan fingerprint density at radius 2 is 0.588 bits per heavy atom. The van der Waals surface area contributed by atoms with Crippen molar-refractivity contribution in [2.24, 2.45) is 0 Å². The fraction of sp³-hybridized carbons (Fsp3) is 0.597. The Morgan fingerprint density at radius 1 is 0.309 bits per heavy atom. The van der Waals surface area contributed by atoms with Crippen LogP contribution in [0.3, 0.4) is 0 Å². The minimum Gasteiger partial charge on any atom is -0.462 e. The quantitative estimate of drug-likeness (QED) is 0.0262. The summed E-state index contributed by atoms with van der Waals surface area (Å²) in [6.07, 6.45) is 77.3. The molecule has 6 heteroatoms. The van der Waals surface area contributed by atoms with Crippen molar-refractivity contribution >= 4 is 17.9 Å². The molecule has 68 heavy (non-hydrogen) atoms. The van der Waals surface area contributed by atoms with Gasteiger partial charge in [-0.3, -0.25) is 14.4 Å². The molecule has 0 aromatic heterocycles. The second-order valence-corrected chi connectivity index (χ2v) is 17.4. The minimum absolute atomic E-state index is 0.109. The first kappa shape index (κ1) is 63.5. The van der Waals surface area contributed by atoms with Crippen molar-refractivity contribution in [1.82, 2.24) is 0 Å². The summed E-state index contributed by atoms with van der Waals surface area (Å²) in [4.78, 5) is 38.0. The Hall–Kier alpha value is -4.45. The molecule has 0 bridgehead atoms. The molecular weight excluding hydrogens is 841 g/mol. The maximum atomic E-state index is 12.8. The molecule has 0 spiro atoms. The Labute approximate surface area is 417 Å². The van der Waals surface area contributed by atoms with E-state index in [9.17, 15) is 14.4 Å². The Bertz CT molecular complexity index is 1500. The van der Waals surface area contributed by atoms with Gasteiger partial charge in [-0.25, -0.2) is 0 Å². The van der Waals surface area contributed by atoms with E-state index >= 15 is 0 Å². The van der Waals surface area contributed by atoms with Crippen molar-refractivity contribution in [2.75, 3.05) is 13.2 Å². The fourth-order valence-corrected chi connectivity index (χ4v) is 6.89. The summed E-state index contributed by atoms with van der Waals surface area (Å²) >= 11 is 0. The zero-order chi connectivity index (χ0) is 49.3. The van der Waals surface area contributed by atoms with E-state index in [-0.39, 0.29) is 44.0 Å². The molecule has 1 unspecified atom stereocenters. The van der Waals surface area contributed by atoms with Gasteiger partial charge < -0.3 is 14.2 Å². The Kier molecular flexibility index (Phi) is 51.5. The van der Waals surface area contributed by atoms with Gasteiger partial charge in [-0.15, -0.1) is 0 Å². The van der Waals surface area contributed by atoms with Crippen LogP contribution in [0.25, 0.3) is 0 Å². The van der Waals surface area contributed by atoms with Crippen LogP contribution < -0.4 is 0 Å². The van der Waals surface area contributed by atoms with Crippen molar-refractivity contribution in [3.63, 3.8) is 0 Å². The summed E-state index contributed by atoms with van der Waals surface area (Å²) in [5, 5.41) is 0. The summed E-state index contributed by atoms with van der Waals surface area (Å²) in [6.45, 7) is 6.31. The number of esters is 3. The van der Waals surface area contributed by atoms with E-state index in [1.54, 1.807) is 0 Å². The van der Waals surface area contributed by atoms with Crippen molar-refractivity contribution < 1.29 is 28.6 Å². The molecule has 0 aromatic rings. The van der Waals surface area contributed by atoms with Gasteiger partial charge in [0.25, 0.3) is 0 Å². The number of rotatable bonds is 47. The van der Waals surface area contributed by atoms with E-state index in [2.05, 4.69) is 154 Å². The van der Waals surface area contributed by atoms with Gasteiger partial charge in [0.2, 0.25) is 0 Å². The second kappa shape index (κ2) is 55.1. The molecule has 0 N–H and O–H groups in total. The predicted molar refractivity (Wildman–Crippen MR) is 292 cm³/mol. The number of carbonyl (C=O) groups is 3. The number of carbonyl (C=O) groups excluding carboxylic acids is 3. The van der Waals surface area contributed by atoms with Gasteiger partial charge in [-0.2, -0.15) is 0 Å². The van der Waals surface area contributed by atoms with E-state index in [0.717, 1.165) is 128 Å². The highest BCUT2D eigenvalue weighted by Gasteiger charge is 2.19. The maximum Gasteiger partial charge on any atom is 0.306 e. The second-order valence-electron chi connectivity index (χ2n) is 17.4. The van der Waals surface area contributed by atoms with Crippen molar-refractivity contribution in [3.05, 3.63) is 134 Å². The molecule has 0 heterocycles. The molecule has 0 fully saturated rings. The van der Waals surface area contributed by atoms with Crippen molar-refractivity contribution in [1.29, 1.82) is 0 Å². The molecule has 0 aliphatic rings. The topological polar surface area (TPSA) is 78.9 Å². The molecule has 0 amide bonds. The average molecular weight is 939 g/mol. The van der Waals surface area contributed by atoms with Crippen LogP contribution in [0.4, 0.5) is 0 Å². The smallest absolute Gasteiger partial charge is 0.306 e. The first-order chi connectivity index (χ1) is 33.5. The summed E-state index contributed by atoms with van der Waals surface area (Å²) in [7, 11) is 0. The van der Waals surface area contributed by atoms with Crippen LogP contribution in [0, 0.1) is 0 Å². The van der Waals surface area contributed by atoms with E-state index in [0.29, 0.717) is 12.8 Å². The van der Waals surface area contributed by atoms with Crippen LogP contribution >= 0.6 is 0 Å². The van der Waals surface area contributed by atoms with Gasteiger partial charge in [-0.1, -0.05) is 225 Å². The number of allylic oxidation sites excluding steroid dienone is 22. The van der Waals surface area contributed by atoms with Crippen molar-refractivity contribution in [3.8, 4) is 0 Å². The fourth-order valence-electron chi connectivity index (χ4n) is 6.89. The monoisotopic (exact) mass is 939 g/mol. The zero-order valence-corrected chi connectivity index (χ0v) is 43.6. The minimum atomic E-state index is -0.817. The van der Waals surface area contributed by atoms with Crippen LogP contribution in [-0.2, 0) is 28.6 Å². The third-order valence-corrected chi connectivity index (χ3v) is 10.9. The van der Waals surface area contributed by atoms with Crippen LogP contribution in [0.1, 0.15) is 220 Å². The molecule has 6 nitrogen and oxygen atoms in total. The Balaban J connectivity index is 4.49. The van der Waals surface area contributed by atoms with E-state index in [1.807, 2.05) is 0 Å². The summed E-state index contributed by atoms with van der Waals surface area (Å²) < 4.78 is 16.7. The zero-order valence-electron chi connectivity index (χ0n) is 43.6. The standard InChI is InChI=1S/C62H98O6/c1-4-7-10-13-16-19-22-24-26-28-29-30-31-32-33-35-36-38-40-43-46-49-52-55-61(64)67-58-59(57-66-60(63)54-51-48-45-42-21-18-15-12-9-6-3)68-62(65)56-53-50-47-44-41-39-37-34-27-25-23-20-17-14-11-8-5-2/h7-8,10-11,16-17,19-20,24-27,29-30,32-33,36-39,43,46,59H,4-6,9,12-15,18,21-23,28,31,34-35,40-42,44-45,47-58H2,1-3H3/b10-7-,11-8-,19-16-,20-17-,26-24-,27-25-,30-29-,33-32-,38-36-,39-37-,46-43-. The first-order valence-electron chi connectivity index (χ1n) is 27.2. The average Bonchev–Trinajstić information content (AvgIpc) is 3.34. The lowest BCUT2D eigenvalue weighted by molar-refractivity contribution is -0.167. The summed E-state index contributed by atoms with van der Waals surface area (Å²) in [5.41, 5.74) is 0. The molecule has 0 saturated carbocycles. The normalized spacial score (nSPS) is 13.2. The van der Waals surface area contributed by atoms with E-state index < -0.39 is 6.10 Å². The number of hydrogen-bond donors (Lipinski definition) is 0. The lowest BCUT2D eigenvalue weighted by Crippen LogP contribution is -2.30. The lowest BCUT2D eigenvalue weighted by Gasteiger charge is -2.18. The molecular formula is C62H98O6. The third-order valence-electron chi connectivity index (χ3n) is 10.9. The van der Waals surface area contributed by atoms with Crippen LogP contribution in [0.15, 0.2) is 134 Å². The number of unbranched alkanes of at least 4 members (excludes halogenated alkanes) is 14. The molecule has 382 valence electrons. The van der Waals surface area contributed by atoms with Gasteiger partial charge in [0.05, 0.1) is 0 Å². The molecule has 0 rings (SSSR count). The summed E-state index contributed by atoms with van der Waals surface area (Å²) in [5.74, 6) is -1.00. The van der Waals surface area contributed by atoms with Gasteiger partial charge in [0.1, 0.15) is 13.2 Å². The molecule has 0 radical (unpaired) electrons. The molecule has 0 aliphatic heterocycles. The number of hydrogen-bond acceptors (Lipinski definition) is 6. The highest BCUT2D eigenvalue weighted by atomic mass is 16.6. The van der Waals surface area contributed by atoms with Gasteiger partial charge >= 0.3 is 17.9 Å². The van der Waals surface area contributed by atoms with Crippen LogP contribution in [0.5, 0.6) is 0 Å². The van der Waals surface area contributed by atoms with E-state index in [4.69, 9.17) is 14.2 Å². The molecule has 1 atom stereocenters. The van der Waals surface area contributed by atoms with E-state index in [1.165, 1.54) is 44.9 Å². The van der Waals surface area contributed by atoms with Gasteiger partial charge in [-0.05, 0) is 109 Å². The highest BCUT2D eigenvalue weighted by molar-refractivity contribution is 5.71. The number of ether oxygens (including phenoxy) is 3. The van der Waals surface area contributed by atoms with Gasteiger partial charge in [0, 0.05) is 19.3 Å². The first-order valence-corrected chi connectivity index (χ1v) is 27.2. The largest absolute Gasteiger partial charge is 0.462 e. The van der Waals surface area contributed by atoms with Crippen LogP contribution in [-0.4, -0.2) is 37.2 Å².